The van der Waals surface area contributed by atoms with E-state index in [9.17, 15) is 4.79 Å². The van der Waals surface area contributed by atoms with E-state index in [0.717, 1.165) is 11.1 Å². The van der Waals surface area contributed by atoms with E-state index in [1.165, 1.54) is 6.21 Å². The second-order valence-electron chi connectivity index (χ2n) is 4.10. The number of hydrogen-bond donors (Lipinski definition) is 0. The van der Waals surface area contributed by atoms with Gasteiger partial charge in [-0.05, 0) is 0 Å². The molecule has 0 bridgehead atoms. The van der Waals surface area contributed by atoms with Crippen LogP contribution in [-0.2, 0) is 15.2 Å². The number of carbonyl (C=O) groups excluding carboxylic acids is 1. The van der Waals surface area contributed by atoms with Gasteiger partial charge < -0.3 is 4.84 Å². The molecule has 2 aromatic rings. The van der Waals surface area contributed by atoms with Crippen molar-refractivity contribution in [2.45, 2.75) is 5.60 Å². The van der Waals surface area contributed by atoms with Gasteiger partial charge in [0, 0.05) is 11.1 Å². The van der Waals surface area contributed by atoms with Gasteiger partial charge in [-0.15, -0.1) is 0 Å². The van der Waals surface area contributed by atoms with Crippen molar-refractivity contribution < 1.29 is 9.63 Å². The lowest BCUT2D eigenvalue weighted by Gasteiger charge is -2.25. The van der Waals surface area contributed by atoms with Crippen molar-refractivity contribution in [2.24, 2.45) is 5.16 Å². The van der Waals surface area contributed by atoms with Gasteiger partial charge in [0.05, 0.1) is 0 Å². The Morgan fingerprint density at radius 2 is 1.33 bits per heavy atom. The predicted octanol–water partition coefficient (Wildman–Crippen LogP) is 2.52. The first-order chi connectivity index (χ1) is 8.84. The lowest BCUT2D eigenvalue weighted by molar-refractivity contribution is -0.128. The fourth-order valence-corrected chi connectivity index (χ4v) is 2.19. The van der Waals surface area contributed by atoms with Crippen LogP contribution in [0.25, 0.3) is 0 Å². The third-order valence-corrected chi connectivity index (χ3v) is 3.07. The third-order valence-electron chi connectivity index (χ3n) is 3.07. The standard InChI is InChI=1S/C15H11NO2/c17-14-11-16-18-15(14,12-7-3-1-4-8-12)13-9-5-2-6-10-13/h1-11H. The van der Waals surface area contributed by atoms with Gasteiger partial charge in [-0.25, -0.2) is 0 Å². The summed E-state index contributed by atoms with van der Waals surface area (Å²) in [5, 5.41) is 3.70. The molecule has 0 fully saturated rings. The second kappa shape index (κ2) is 4.11. The Labute approximate surface area is 105 Å². The first-order valence-electron chi connectivity index (χ1n) is 5.71. The highest BCUT2D eigenvalue weighted by Crippen LogP contribution is 2.36. The Morgan fingerprint density at radius 1 is 0.833 bits per heavy atom. The Bertz CT molecular complexity index is 551. The minimum Gasteiger partial charge on any atom is -0.371 e. The van der Waals surface area contributed by atoms with Gasteiger partial charge in [-0.1, -0.05) is 65.8 Å². The number of nitrogens with zero attached hydrogens (tertiary/aromatic N) is 1. The molecule has 18 heavy (non-hydrogen) atoms. The Hall–Kier alpha value is -2.42. The van der Waals surface area contributed by atoms with Crippen molar-refractivity contribution in [1.82, 2.24) is 0 Å². The largest absolute Gasteiger partial charge is 0.371 e. The summed E-state index contributed by atoms with van der Waals surface area (Å²) in [5.74, 6) is -0.153. The molecule has 0 amide bonds. The van der Waals surface area contributed by atoms with E-state index in [4.69, 9.17) is 4.84 Å². The van der Waals surface area contributed by atoms with Crippen LogP contribution in [0.1, 0.15) is 11.1 Å². The highest BCUT2D eigenvalue weighted by molar-refractivity contribution is 6.33. The molecule has 3 rings (SSSR count). The zero-order valence-corrected chi connectivity index (χ0v) is 9.61. The molecular weight excluding hydrogens is 226 g/mol. The smallest absolute Gasteiger partial charge is 0.250 e. The number of hydrogen-bond acceptors (Lipinski definition) is 3. The molecule has 0 saturated heterocycles. The lowest BCUT2D eigenvalue weighted by atomic mass is 9.83. The summed E-state index contributed by atoms with van der Waals surface area (Å²) in [6.07, 6.45) is 1.24. The number of benzene rings is 2. The van der Waals surface area contributed by atoms with Gasteiger partial charge in [-0.2, -0.15) is 0 Å². The van der Waals surface area contributed by atoms with E-state index in [2.05, 4.69) is 5.16 Å². The fraction of sp³-hybridized carbons (Fsp3) is 0.0667. The highest BCUT2D eigenvalue weighted by atomic mass is 16.7. The van der Waals surface area contributed by atoms with Crippen LogP contribution < -0.4 is 0 Å². The van der Waals surface area contributed by atoms with Crippen molar-refractivity contribution in [3.63, 3.8) is 0 Å². The van der Waals surface area contributed by atoms with Crippen LogP contribution in [-0.4, -0.2) is 12.0 Å². The molecule has 0 spiro atoms. The summed E-state index contributed by atoms with van der Waals surface area (Å²) in [7, 11) is 0. The molecule has 3 nitrogen and oxygen atoms in total. The summed E-state index contributed by atoms with van der Waals surface area (Å²) in [5.41, 5.74) is 0.458. The number of ketones is 1. The molecule has 0 atom stereocenters. The van der Waals surface area contributed by atoms with Gasteiger partial charge in [0.15, 0.2) is 0 Å². The fourth-order valence-electron chi connectivity index (χ4n) is 2.19. The highest BCUT2D eigenvalue weighted by Gasteiger charge is 2.47. The van der Waals surface area contributed by atoms with Gasteiger partial charge in [0.2, 0.25) is 5.78 Å². The zero-order valence-electron chi connectivity index (χ0n) is 9.61. The van der Waals surface area contributed by atoms with E-state index in [0.29, 0.717) is 0 Å². The average molecular weight is 237 g/mol. The van der Waals surface area contributed by atoms with E-state index >= 15 is 0 Å². The van der Waals surface area contributed by atoms with E-state index in [1.807, 2.05) is 60.7 Å². The number of carbonyl (C=O) groups is 1. The SMILES string of the molecule is O=C1C=NOC1(c1ccccc1)c1ccccc1. The van der Waals surface area contributed by atoms with Gasteiger partial charge in [0.1, 0.15) is 6.21 Å². The van der Waals surface area contributed by atoms with Crippen molar-refractivity contribution in [3.8, 4) is 0 Å². The maximum atomic E-state index is 12.2. The molecule has 3 heteroatoms. The second-order valence-corrected chi connectivity index (χ2v) is 4.10. The topological polar surface area (TPSA) is 38.7 Å². The summed E-state index contributed by atoms with van der Waals surface area (Å²) in [4.78, 5) is 17.7. The van der Waals surface area contributed by atoms with Crippen LogP contribution in [0.4, 0.5) is 0 Å². The third kappa shape index (κ3) is 1.44. The molecule has 1 aliphatic rings. The molecule has 0 N–H and O–H groups in total. The molecule has 1 aliphatic heterocycles. The van der Waals surface area contributed by atoms with Crippen molar-refractivity contribution in [1.29, 1.82) is 0 Å². The Morgan fingerprint density at radius 3 is 1.72 bits per heavy atom. The monoisotopic (exact) mass is 237 g/mol. The van der Waals surface area contributed by atoms with Crippen LogP contribution >= 0.6 is 0 Å². The van der Waals surface area contributed by atoms with Crippen LogP contribution in [0, 0.1) is 0 Å². The van der Waals surface area contributed by atoms with Crippen LogP contribution in [0.3, 0.4) is 0 Å². The van der Waals surface area contributed by atoms with E-state index in [-0.39, 0.29) is 5.78 Å². The van der Waals surface area contributed by atoms with Crippen molar-refractivity contribution in [2.75, 3.05) is 0 Å². The quantitative estimate of drug-likeness (QED) is 0.805. The van der Waals surface area contributed by atoms with E-state index < -0.39 is 5.60 Å². The van der Waals surface area contributed by atoms with E-state index in [1.54, 1.807) is 0 Å². The molecule has 1 heterocycles. The first kappa shape index (κ1) is 10.7. The van der Waals surface area contributed by atoms with Gasteiger partial charge in [0.25, 0.3) is 5.60 Å². The van der Waals surface area contributed by atoms with Crippen LogP contribution in [0.2, 0.25) is 0 Å². The van der Waals surface area contributed by atoms with Crippen LogP contribution in [0.5, 0.6) is 0 Å². The zero-order chi connectivity index (χ0) is 12.4. The predicted molar refractivity (Wildman–Crippen MR) is 68.2 cm³/mol. The normalized spacial score (nSPS) is 16.6. The summed E-state index contributed by atoms with van der Waals surface area (Å²) < 4.78 is 0. The average Bonchev–Trinajstić information content (AvgIpc) is 2.84. The molecular formula is C15H11NO2. The van der Waals surface area contributed by atoms with Crippen molar-refractivity contribution >= 4 is 12.0 Å². The number of Topliss-reactive ketones (excluding diaryl/α,β-unsaturated/α-hetero) is 1. The minimum atomic E-state index is -1.12. The molecule has 2 aromatic carbocycles. The van der Waals surface area contributed by atoms with Crippen LogP contribution in [0.15, 0.2) is 65.8 Å². The Kier molecular flexibility index (Phi) is 2.45. The van der Waals surface area contributed by atoms with Crippen molar-refractivity contribution in [3.05, 3.63) is 71.8 Å². The summed E-state index contributed by atoms with van der Waals surface area (Å²) in [6.45, 7) is 0. The molecule has 0 unspecified atom stereocenters. The summed E-state index contributed by atoms with van der Waals surface area (Å²) >= 11 is 0. The van der Waals surface area contributed by atoms with Gasteiger partial charge in [-0.3, -0.25) is 4.79 Å². The number of oxime groups is 1. The molecule has 0 aromatic heterocycles. The maximum Gasteiger partial charge on any atom is 0.250 e. The maximum absolute atomic E-state index is 12.2. The molecule has 0 radical (unpaired) electrons. The lowest BCUT2D eigenvalue weighted by Crippen LogP contribution is -2.35. The number of rotatable bonds is 2. The molecule has 0 saturated carbocycles. The molecule has 88 valence electrons. The van der Waals surface area contributed by atoms with Gasteiger partial charge >= 0.3 is 0 Å². The Balaban J connectivity index is 2.21. The molecule has 0 aliphatic carbocycles. The summed E-state index contributed by atoms with van der Waals surface area (Å²) in [6, 6.07) is 18.8. The first-order valence-corrected chi connectivity index (χ1v) is 5.71. The minimum absolute atomic E-state index is 0.153.